The Morgan fingerprint density at radius 1 is 1.12 bits per heavy atom. The molecule has 2 atom stereocenters. The number of amides is 2. The third kappa shape index (κ3) is 6.46. The van der Waals surface area contributed by atoms with Crippen molar-refractivity contribution in [1.29, 1.82) is 0 Å². The fourth-order valence-corrected chi connectivity index (χ4v) is 2.27. The van der Waals surface area contributed by atoms with Crippen molar-refractivity contribution in [2.24, 2.45) is 5.92 Å². The SMILES string of the molecule is CCC(C)C(NC(=O)OC(C)(C)C)C(=O)Nc1ccc(OC)c(OC)c1. The Hall–Kier alpha value is -2.44. The van der Waals surface area contributed by atoms with Crippen LogP contribution < -0.4 is 20.1 Å². The van der Waals surface area contributed by atoms with Gasteiger partial charge in [0.25, 0.3) is 0 Å². The van der Waals surface area contributed by atoms with Gasteiger partial charge in [-0.15, -0.1) is 0 Å². The minimum absolute atomic E-state index is 0.0670. The Morgan fingerprint density at radius 2 is 1.73 bits per heavy atom. The number of rotatable bonds is 7. The molecule has 26 heavy (non-hydrogen) atoms. The van der Waals surface area contributed by atoms with Crippen LogP contribution in [0.1, 0.15) is 41.0 Å². The van der Waals surface area contributed by atoms with Gasteiger partial charge in [-0.05, 0) is 38.8 Å². The third-order valence-corrected chi connectivity index (χ3v) is 3.82. The molecule has 1 aromatic rings. The van der Waals surface area contributed by atoms with Crippen LogP contribution in [-0.2, 0) is 9.53 Å². The zero-order valence-electron chi connectivity index (χ0n) is 16.6. The summed E-state index contributed by atoms with van der Waals surface area (Å²) in [5.74, 6) is 0.682. The number of carbonyl (C=O) groups excluding carboxylic acids is 2. The van der Waals surface area contributed by atoms with E-state index < -0.39 is 17.7 Å². The zero-order valence-corrected chi connectivity index (χ0v) is 16.6. The van der Waals surface area contributed by atoms with Crippen LogP contribution in [0.4, 0.5) is 10.5 Å². The van der Waals surface area contributed by atoms with E-state index in [1.54, 1.807) is 46.1 Å². The number of hydrogen-bond donors (Lipinski definition) is 2. The number of anilines is 1. The highest BCUT2D eigenvalue weighted by Gasteiger charge is 2.28. The molecular formula is C19H30N2O5. The number of ether oxygens (including phenoxy) is 3. The summed E-state index contributed by atoms with van der Waals surface area (Å²) >= 11 is 0. The molecule has 0 fully saturated rings. The first-order valence-corrected chi connectivity index (χ1v) is 8.63. The Morgan fingerprint density at radius 3 is 2.23 bits per heavy atom. The lowest BCUT2D eigenvalue weighted by atomic mass is 9.98. The molecule has 0 heterocycles. The fraction of sp³-hybridized carbons (Fsp3) is 0.579. The van der Waals surface area contributed by atoms with Crippen LogP contribution in [0.2, 0.25) is 0 Å². The maximum absolute atomic E-state index is 12.7. The van der Waals surface area contributed by atoms with Crippen molar-refractivity contribution in [2.45, 2.75) is 52.7 Å². The van der Waals surface area contributed by atoms with Gasteiger partial charge in [-0.2, -0.15) is 0 Å². The lowest BCUT2D eigenvalue weighted by Gasteiger charge is -2.26. The minimum Gasteiger partial charge on any atom is -0.493 e. The van der Waals surface area contributed by atoms with E-state index in [1.165, 1.54) is 7.11 Å². The first kappa shape index (κ1) is 21.6. The summed E-state index contributed by atoms with van der Waals surface area (Å²) in [6, 6.07) is 4.36. The van der Waals surface area contributed by atoms with Crippen LogP contribution in [-0.4, -0.2) is 37.9 Å². The van der Waals surface area contributed by atoms with Gasteiger partial charge in [-0.3, -0.25) is 4.79 Å². The summed E-state index contributed by atoms with van der Waals surface area (Å²) in [7, 11) is 3.06. The molecular weight excluding hydrogens is 336 g/mol. The highest BCUT2D eigenvalue weighted by Crippen LogP contribution is 2.30. The molecule has 0 saturated heterocycles. The molecule has 1 rings (SSSR count). The number of benzene rings is 1. The molecule has 2 unspecified atom stereocenters. The Labute approximate surface area is 155 Å². The summed E-state index contributed by atoms with van der Waals surface area (Å²) < 4.78 is 15.7. The number of nitrogens with one attached hydrogen (secondary N) is 2. The van der Waals surface area contributed by atoms with Crippen molar-refractivity contribution in [3.05, 3.63) is 18.2 Å². The first-order valence-electron chi connectivity index (χ1n) is 8.63. The second kappa shape index (κ2) is 9.31. The van der Waals surface area contributed by atoms with E-state index in [-0.39, 0.29) is 11.8 Å². The standard InChI is InChI=1S/C19H30N2O5/c1-8-12(2)16(21-18(23)26-19(3,4)5)17(22)20-13-9-10-14(24-6)15(11-13)25-7/h9-12,16H,8H2,1-7H3,(H,20,22)(H,21,23). The van der Waals surface area contributed by atoms with E-state index in [1.807, 2.05) is 13.8 Å². The Kier molecular flexibility index (Phi) is 7.74. The summed E-state index contributed by atoms with van der Waals surface area (Å²) in [6.07, 6.45) is 0.102. The molecule has 7 heteroatoms. The summed E-state index contributed by atoms with van der Waals surface area (Å²) in [5.41, 5.74) is -0.0869. The average Bonchev–Trinajstić information content (AvgIpc) is 2.57. The van der Waals surface area contributed by atoms with Crippen LogP contribution in [0.15, 0.2) is 18.2 Å². The quantitative estimate of drug-likeness (QED) is 0.770. The summed E-state index contributed by atoms with van der Waals surface area (Å²) in [6.45, 7) is 9.17. The number of alkyl carbamates (subject to hydrolysis) is 1. The van der Waals surface area contributed by atoms with E-state index in [4.69, 9.17) is 14.2 Å². The largest absolute Gasteiger partial charge is 0.493 e. The molecule has 0 saturated carbocycles. The van der Waals surface area contributed by atoms with Crippen molar-refractivity contribution >= 4 is 17.7 Å². The van der Waals surface area contributed by atoms with E-state index in [0.717, 1.165) is 6.42 Å². The Balaban J connectivity index is 2.91. The predicted molar refractivity (Wildman–Crippen MR) is 101 cm³/mol. The molecule has 0 bridgehead atoms. The lowest BCUT2D eigenvalue weighted by molar-refractivity contribution is -0.119. The van der Waals surface area contributed by atoms with Gasteiger partial charge in [0.1, 0.15) is 11.6 Å². The lowest BCUT2D eigenvalue weighted by Crippen LogP contribution is -2.49. The van der Waals surface area contributed by atoms with Gasteiger partial charge in [0, 0.05) is 11.8 Å². The number of methoxy groups -OCH3 is 2. The second-order valence-corrected chi connectivity index (χ2v) is 7.07. The molecule has 0 aliphatic carbocycles. The highest BCUT2D eigenvalue weighted by molar-refractivity contribution is 5.97. The van der Waals surface area contributed by atoms with E-state index >= 15 is 0 Å². The first-order chi connectivity index (χ1) is 12.1. The van der Waals surface area contributed by atoms with E-state index in [9.17, 15) is 9.59 Å². The Bertz CT molecular complexity index is 625. The molecule has 0 aromatic heterocycles. The number of carbonyl (C=O) groups is 2. The van der Waals surface area contributed by atoms with Gasteiger partial charge in [0.2, 0.25) is 5.91 Å². The molecule has 146 valence electrons. The van der Waals surface area contributed by atoms with Crippen molar-refractivity contribution in [3.8, 4) is 11.5 Å². The van der Waals surface area contributed by atoms with Crippen LogP contribution >= 0.6 is 0 Å². The average molecular weight is 366 g/mol. The van der Waals surface area contributed by atoms with Gasteiger partial charge in [-0.1, -0.05) is 20.3 Å². The van der Waals surface area contributed by atoms with E-state index in [2.05, 4.69) is 10.6 Å². The fourth-order valence-electron chi connectivity index (χ4n) is 2.27. The minimum atomic E-state index is -0.719. The zero-order chi connectivity index (χ0) is 19.9. The third-order valence-electron chi connectivity index (χ3n) is 3.82. The molecule has 0 radical (unpaired) electrons. The van der Waals surface area contributed by atoms with E-state index in [0.29, 0.717) is 17.2 Å². The molecule has 1 aromatic carbocycles. The molecule has 2 amide bonds. The van der Waals surface area contributed by atoms with Crippen LogP contribution in [0.5, 0.6) is 11.5 Å². The second-order valence-electron chi connectivity index (χ2n) is 7.07. The van der Waals surface area contributed by atoms with Crippen molar-refractivity contribution in [2.75, 3.05) is 19.5 Å². The highest BCUT2D eigenvalue weighted by atomic mass is 16.6. The predicted octanol–water partition coefficient (Wildman–Crippen LogP) is 3.58. The maximum atomic E-state index is 12.7. The van der Waals surface area contributed by atoms with Gasteiger partial charge in [-0.25, -0.2) is 4.79 Å². The monoisotopic (exact) mass is 366 g/mol. The van der Waals surface area contributed by atoms with Crippen LogP contribution in [0, 0.1) is 5.92 Å². The molecule has 7 nitrogen and oxygen atoms in total. The van der Waals surface area contributed by atoms with Crippen molar-refractivity contribution in [1.82, 2.24) is 5.32 Å². The normalized spacial score (nSPS) is 13.3. The van der Waals surface area contributed by atoms with Crippen LogP contribution in [0.25, 0.3) is 0 Å². The van der Waals surface area contributed by atoms with Gasteiger partial charge < -0.3 is 24.8 Å². The van der Waals surface area contributed by atoms with Crippen LogP contribution in [0.3, 0.4) is 0 Å². The molecule has 0 aliphatic rings. The van der Waals surface area contributed by atoms with Crippen molar-refractivity contribution in [3.63, 3.8) is 0 Å². The molecule has 0 aliphatic heterocycles. The maximum Gasteiger partial charge on any atom is 0.408 e. The molecule has 0 spiro atoms. The van der Waals surface area contributed by atoms with Gasteiger partial charge in [0.05, 0.1) is 14.2 Å². The van der Waals surface area contributed by atoms with Gasteiger partial charge >= 0.3 is 6.09 Å². The topological polar surface area (TPSA) is 85.9 Å². The molecule has 2 N–H and O–H groups in total. The van der Waals surface area contributed by atoms with Crippen molar-refractivity contribution < 1.29 is 23.8 Å². The summed E-state index contributed by atoms with van der Waals surface area (Å²) in [4.78, 5) is 24.8. The van der Waals surface area contributed by atoms with Gasteiger partial charge in [0.15, 0.2) is 11.5 Å². The summed E-state index contributed by atoms with van der Waals surface area (Å²) in [5, 5.41) is 5.47. The number of hydrogen-bond acceptors (Lipinski definition) is 5. The smallest absolute Gasteiger partial charge is 0.408 e.